The van der Waals surface area contributed by atoms with Crippen LogP contribution in [-0.4, -0.2) is 49.9 Å². The first-order valence-electron chi connectivity index (χ1n) is 9.78. The van der Waals surface area contributed by atoms with E-state index in [0.717, 1.165) is 0 Å². The molecular weight excluding hydrogens is 416 g/mol. The standard InChI is InChI=1S/C20H29FNO7P/c1-6-13-12(9-11(4)19(25)22-13)18-16(21)17(24)14(28-18)10-20(5,8-3)29-30(26,27)15(23)7-2/h1,9,14-18,23-24H,7-8,10H2,2-5H3,(H,22,25)(H,26,27)/t14-,15?,16+,17?,18+,20?/m1/s1. The second kappa shape index (κ2) is 9.31. The number of rotatable bonds is 8. The summed E-state index contributed by atoms with van der Waals surface area (Å²) in [5, 5.41) is 20.2. The molecule has 1 saturated heterocycles. The van der Waals surface area contributed by atoms with Gasteiger partial charge in [-0.05, 0) is 32.8 Å². The molecule has 4 N–H and O–H groups in total. The average molecular weight is 445 g/mol. The normalized spacial score (nSPS) is 29.0. The summed E-state index contributed by atoms with van der Waals surface area (Å²) in [6, 6.07) is 1.43. The van der Waals surface area contributed by atoms with Gasteiger partial charge < -0.3 is 29.4 Å². The zero-order chi connectivity index (χ0) is 22.9. The molecule has 30 heavy (non-hydrogen) atoms. The van der Waals surface area contributed by atoms with E-state index in [1.54, 1.807) is 13.8 Å². The highest BCUT2D eigenvalue weighted by Gasteiger charge is 2.49. The van der Waals surface area contributed by atoms with Gasteiger partial charge in [0, 0.05) is 17.5 Å². The van der Waals surface area contributed by atoms with E-state index in [2.05, 4.69) is 10.9 Å². The molecule has 0 aliphatic carbocycles. The fourth-order valence-corrected chi connectivity index (χ4v) is 4.84. The van der Waals surface area contributed by atoms with Crippen molar-refractivity contribution in [3.05, 3.63) is 33.2 Å². The topological polar surface area (TPSA) is 129 Å². The lowest BCUT2D eigenvalue weighted by molar-refractivity contribution is -0.0495. The van der Waals surface area contributed by atoms with Crippen molar-refractivity contribution in [2.75, 3.05) is 0 Å². The number of ether oxygens (including phenoxy) is 1. The van der Waals surface area contributed by atoms with Gasteiger partial charge in [0.05, 0.1) is 17.4 Å². The molecule has 10 heteroatoms. The van der Waals surface area contributed by atoms with E-state index in [4.69, 9.17) is 15.7 Å². The third kappa shape index (κ3) is 5.02. The lowest BCUT2D eigenvalue weighted by Gasteiger charge is -2.34. The first kappa shape index (κ1) is 24.7. The minimum Gasteiger partial charge on any atom is -0.387 e. The van der Waals surface area contributed by atoms with E-state index in [1.165, 1.54) is 19.9 Å². The highest BCUT2D eigenvalue weighted by Crippen LogP contribution is 2.53. The smallest absolute Gasteiger partial charge is 0.356 e. The molecule has 0 aromatic carbocycles. The molecule has 1 aliphatic rings. The first-order valence-corrected chi connectivity index (χ1v) is 11.4. The molecule has 1 aromatic rings. The number of alkyl halides is 1. The van der Waals surface area contributed by atoms with Crippen molar-refractivity contribution in [1.29, 1.82) is 0 Å². The average Bonchev–Trinajstić information content (AvgIpc) is 2.96. The van der Waals surface area contributed by atoms with Gasteiger partial charge >= 0.3 is 7.60 Å². The zero-order valence-corrected chi connectivity index (χ0v) is 18.4. The summed E-state index contributed by atoms with van der Waals surface area (Å²) in [5.74, 6) is 0.740. The summed E-state index contributed by atoms with van der Waals surface area (Å²) >= 11 is 0. The fraction of sp³-hybridized carbons (Fsp3) is 0.650. The molecule has 0 spiro atoms. The molecule has 2 heterocycles. The Balaban J connectivity index is 2.29. The molecule has 7 atom stereocenters. The summed E-state index contributed by atoms with van der Waals surface area (Å²) < 4.78 is 38.4. The number of aromatic nitrogens is 1. The van der Waals surface area contributed by atoms with E-state index in [9.17, 15) is 28.9 Å². The Hall–Kier alpha value is -1.53. The van der Waals surface area contributed by atoms with Crippen LogP contribution in [0.4, 0.5) is 4.39 Å². The third-order valence-corrected chi connectivity index (χ3v) is 7.32. The van der Waals surface area contributed by atoms with E-state index in [-0.39, 0.29) is 30.5 Å². The van der Waals surface area contributed by atoms with Crippen LogP contribution in [0.3, 0.4) is 0 Å². The molecule has 168 valence electrons. The van der Waals surface area contributed by atoms with Crippen molar-refractivity contribution in [3.8, 4) is 12.3 Å². The molecule has 1 aromatic heterocycles. The van der Waals surface area contributed by atoms with Crippen molar-refractivity contribution in [2.24, 2.45) is 0 Å². The van der Waals surface area contributed by atoms with Crippen molar-refractivity contribution in [1.82, 2.24) is 4.98 Å². The number of pyridine rings is 1. The molecule has 0 saturated carbocycles. The predicted molar refractivity (Wildman–Crippen MR) is 109 cm³/mol. The lowest BCUT2D eigenvalue weighted by atomic mass is 9.92. The molecule has 2 rings (SSSR count). The Kier molecular flexibility index (Phi) is 7.68. The zero-order valence-electron chi connectivity index (χ0n) is 17.5. The molecule has 1 fully saturated rings. The van der Waals surface area contributed by atoms with Gasteiger partial charge in [-0.1, -0.05) is 19.8 Å². The Bertz CT molecular complexity index is 913. The van der Waals surface area contributed by atoms with Crippen LogP contribution in [0.5, 0.6) is 0 Å². The third-order valence-electron chi connectivity index (χ3n) is 5.50. The Labute approximate surface area is 175 Å². The fourth-order valence-electron chi connectivity index (χ4n) is 3.42. The molecule has 1 aliphatic heterocycles. The second-order valence-electron chi connectivity index (χ2n) is 7.84. The number of aromatic amines is 1. The maximum absolute atomic E-state index is 14.9. The van der Waals surface area contributed by atoms with Gasteiger partial charge in [-0.3, -0.25) is 9.36 Å². The number of hydrogen-bond acceptors (Lipinski definition) is 6. The van der Waals surface area contributed by atoms with E-state index < -0.39 is 49.1 Å². The molecule has 8 nitrogen and oxygen atoms in total. The first-order chi connectivity index (χ1) is 13.9. The van der Waals surface area contributed by atoms with Crippen LogP contribution in [0, 0.1) is 19.3 Å². The van der Waals surface area contributed by atoms with Gasteiger partial charge in [0.15, 0.2) is 12.0 Å². The van der Waals surface area contributed by atoms with Crippen LogP contribution in [0.2, 0.25) is 0 Å². The van der Waals surface area contributed by atoms with Gasteiger partial charge in [-0.2, -0.15) is 0 Å². The number of H-pyrrole nitrogens is 1. The second-order valence-corrected chi connectivity index (χ2v) is 9.75. The maximum Gasteiger partial charge on any atom is 0.356 e. The quantitative estimate of drug-likeness (QED) is 0.357. The summed E-state index contributed by atoms with van der Waals surface area (Å²) in [4.78, 5) is 24.3. The summed E-state index contributed by atoms with van der Waals surface area (Å²) in [7, 11) is -4.35. The molecule has 0 bridgehead atoms. The number of halogens is 1. The Morgan fingerprint density at radius 3 is 2.67 bits per heavy atom. The van der Waals surface area contributed by atoms with Crippen LogP contribution in [-0.2, 0) is 13.8 Å². The van der Waals surface area contributed by atoms with Gasteiger partial charge in [0.1, 0.15) is 12.2 Å². The lowest BCUT2D eigenvalue weighted by Crippen LogP contribution is -2.38. The van der Waals surface area contributed by atoms with Crippen molar-refractivity contribution < 1.29 is 33.3 Å². The van der Waals surface area contributed by atoms with Crippen LogP contribution < -0.4 is 5.56 Å². The van der Waals surface area contributed by atoms with Gasteiger partial charge in [0.25, 0.3) is 5.56 Å². The maximum atomic E-state index is 14.9. The van der Waals surface area contributed by atoms with E-state index >= 15 is 0 Å². The predicted octanol–water partition coefficient (Wildman–Crippen LogP) is 2.29. The van der Waals surface area contributed by atoms with Gasteiger partial charge in [0.2, 0.25) is 0 Å². The number of aliphatic hydroxyl groups is 2. The Morgan fingerprint density at radius 1 is 1.50 bits per heavy atom. The van der Waals surface area contributed by atoms with Crippen molar-refractivity contribution >= 4 is 7.60 Å². The van der Waals surface area contributed by atoms with E-state index in [1.807, 2.05) is 0 Å². The minimum atomic E-state index is -4.35. The minimum absolute atomic E-state index is 0.0190. The van der Waals surface area contributed by atoms with Crippen LogP contribution in [0.1, 0.15) is 63.0 Å². The SMILES string of the molecule is C#Cc1[nH]c(=O)c(C)cc1[C@@H]1O[C@H](CC(C)(CC)OP(=O)(O)C(O)CC)C(O)[C@@H]1F. The Morgan fingerprint density at radius 2 is 2.13 bits per heavy atom. The summed E-state index contributed by atoms with van der Waals surface area (Å²) in [5.41, 5.74) is -1.06. The van der Waals surface area contributed by atoms with Gasteiger partial charge in [-0.25, -0.2) is 4.39 Å². The number of hydrogen-bond donors (Lipinski definition) is 4. The highest BCUT2D eigenvalue weighted by atomic mass is 31.2. The molecule has 0 radical (unpaired) electrons. The summed E-state index contributed by atoms with van der Waals surface area (Å²) in [6.07, 6.45) is -0.0859. The molecule has 4 unspecified atom stereocenters. The van der Waals surface area contributed by atoms with E-state index in [0.29, 0.717) is 5.56 Å². The van der Waals surface area contributed by atoms with Gasteiger partial charge in [-0.15, -0.1) is 6.42 Å². The van der Waals surface area contributed by atoms with Crippen molar-refractivity contribution in [2.45, 2.75) is 82.9 Å². The molecular formula is C20H29FNO7P. The van der Waals surface area contributed by atoms with Crippen LogP contribution >= 0.6 is 7.60 Å². The number of terminal acetylenes is 1. The molecule has 0 amide bonds. The van der Waals surface area contributed by atoms with Crippen molar-refractivity contribution in [3.63, 3.8) is 0 Å². The largest absolute Gasteiger partial charge is 0.387 e. The number of nitrogens with one attached hydrogen (secondary N) is 1. The number of aryl methyl sites for hydroxylation is 1. The van der Waals surface area contributed by atoms with Crippen LogP contribution in [0.15, 0.2) is 10.9 Å². The van der Waals surface area contributed by atoms with Crippen LogP contribution in [0.25, 0.3) is 0 Å². The summed E-state index contributed by atoms with van der Waals surface area (Å²) in [6.45, 7) is 6.31. The monoisotopic (exact) mass is 445 g/mol. The highest BCUT2D eigenvalue weighted by molar-refractivity contribution is 7.53. The number of aliphatic hydroxyl groups excluding tert-OH is 2.